The molecule has 35 heavy (non-hydrogen) atoms. The van der Waals surface area contributed by atoms with Crippen molar-refractivity contribution in [1.82, 2.24) is 15.6 Å². The number of ether oxygens (including phenoxy) is 1. The van der Waals surface area contributed by atoms with Crippen molar-refractivity contribution in [1.29, 1.82) is 0 Å². The van der Waals surface area contributed by atoms with Gasteiger partial charge in [0.1, 0.15) is 12.0 Å². The van der Waals surface area contributed by atoms with E-state index in [9.17, 15) is 14.7 Å². The number of para-hydroxylation sites is 1. The number of hydrogen-bond acceptors (Lipinski definition) is 4. The molecule has 0 radical (unpaired) electrons. The lowest BCUT2D eigenvalue weighted by atomic mass is 9.97. The molecule has 2 heterocycles. The number of aromatic amines is 1. The Balaban J connectivity index is 1.56. The summed E-state index contributed by atoms with van der Waals surface area (Å²) in [7, 11) is 1.60. The van der Waals surface area contributed by atoms with Crippen LogP contribution in [0.2, 0.25) is 0 Å². The van der Waals surface area contributed by atoms with E-state index in [0.29, 0.717) is 36.3 Å². The highest BCUT2D eigenvalue weighted by atomic mass is 16.5. The first-order valence-corrected chi connectivity index (χ1v) is 12.0. The molecule has 7 nitrogen and oxygen atoms in total. The average Bonchev–Trinajstić information content (AvgIpc) is 3.15. The van der Waals surface area contributed by atoms with Gasteiger partial charge in [-0.3, -0.25) is 9.59 Å². The number of hydrogen-bond donors (Lipinski definition) is 4. The van der Waals surface area contributed by atoms with E-state index in [4.69, 9.17) is 4.74 Å². The van der Waals surface area contributed by atoms with E-state index in [1.165, 1.54) is 0 Å². The minimum absolute atomic E-state index is 0.0620. The number of aromatic nitrogens is 1. The first kappa shape index (κ1) is 24.4. The molecular weight excluding hydrogens is 442 g/mol. The van der Waals surface area contributed by atoms with Crippen LogP contribution in [0.5, 0.6) is 5.75 Å². The Morgan fingerprint density at radius 1 is 1.23 bits per heavy atom. The van der Waals surface area contributed by atoms with Crippen LogP contribution in [0.4, 0.5) is 0 Å². The molecule has 0 saturated heterocycles. The van der Waals surface area contributed by atoms with E-state index in [1.807, 2.05) is 43.5 Å². The second-order valence-electron chi connectivity index (χ2n) is 8.79. The van der Waals surface area contributed by atoms with Crippen LogP contribution in [0.3, 0.4) is 0 Å². The Morgan fingerprint density at radius 3 is 2.89 bits per heavy atom. The molecule has 182 valence electrons. The maximum absolute atomic E-state index is 13.3. The molecule has 1 unspecified atom stereocenters. The number of aryl methyl sites for hydroxylation is 1. The van der Waals surface area contributed by atoms with E-state index in [2.05, 4.69) is 27.5 Å². The van der Waals surface area contributed by atoms with E-state index in [0.717, 1.165) is 41.3 Å². The summed E-state index contributed by atoms with van der Waals surface area (Å²) < 4.78 is 5.95. The highest BCUT2D eigenvalue weighted by Gasteiger charge is 2.25. The normalized spacial score (nSPS) is 14.5. The van der Waals surface area contributed by atoms with Crippen molar-refractivity contribution in [3.8, 4) is 17.6 Å². The summed E-state index contributed by atoms with van der Waals surface area (Å²) in [5, 5.41) is 17.3. The summed E-state index contributed by atoms with van der Waals surface area (Å²) in [5.41, 5.74) is 3.90. The first-order valence-electron chi connectivity index (χ1n) is 12.0. The zero-order valence-corrected chi connectivity index (χ0v) is 20.1. The van der Waals surface area contributed by atoms with Gasteiger partial charge in [-0.05, 0) is 48.6 Å². The van der Waals surface area contributed by atoms with E-state index in [1.54, 1.807) is 13.1 Å². The summed E-state index contributed by atoms with van der Waals surface area (Å²) in [6.07, 6.45) is 4.18. The van der Waals surface area contributed by atoms with Crippen LogP contribution in [-0.2, 0) is 11.2 Å². The van der Waals surface area contributed by atoms with Gasteiger partial charge in [0.25, 0.3) is 5.91 Å². The molecule has 0 spiro atoms. The number of carbonyl (C=O) groups excluding carboxylic acids is 2. The summed E-state index contributed by atoms with van der Waals surface area (Å²) in [6.45, 7) is 2.42. The zero-order valence-electron chi connectivity index (χ0n) is 20.1. The van der Waals surface area contributed by atoms with Gasteiger partial charge in [0.05, 0.1) is 12.2 Å². The zero-order chi connectivity index (χ0) is 24.8. The van der Waals surface area contributed by atoms with Gasteiger partial charge in [-0.2, -0.15) is 0 Å². The number of fused-ring (bicyclic) bond motifs is 2. The molecule has 0 bridgehead atoms. The molecule has 2 amide bonds. The molecule has 2 atom stereocenters. The fourth-order valence-electron chi connectivity index (χ4n) is 4.32. The van der Waals surface area contributed by atoms with E-state index in [-0.39, 0.29) is 11.8 Å². The van der Waals surface area contributed by atoms with Crippen LogP contribution in [-0.4, -0.2) is 41.8 Å². The number of amides is 2. The van der Waals surface area contributed by atoms with Crippen molar-refractivity contribution in [2.45, 2.75) is 51.2 Å². The molecule has 1 aliphatic rings. The maximum atomic E-state index is 13.3. The topological polar surface area (TPSA) is 103 Å². The largest absolute Gasteiger partial charge is 0.492 e. The highest BCUT2D eigenvalue weighted by Crippen LogP contribution is 2.31. The van der Waals surface area contributed by atoms with Gasteiger partial charge in [0.2, 0.25) is 5.91 Å². The molecule has 0 aliphatic carbocycles. The van der Waals surface area contributed by atoms with Gasteiger partial charge in [-0.15, -0.1) is 0 Å². The Kier molecular flexibility index (Phi) is 7.74. The van der Waals surface area contributed by atoms with Crippen LogP contribution < -0.4 is 15.4 Å². The van der Waals surface area contributed by atoms with Crippen LogP contribution in [0.1, 0.15) is 65.6 Å². The fourth-order valence-corrected chi connectivity index (χ4v) is 4.32. The van der Waals surface area contributed by atoms with Crippen LogP contribution in [0, 0.1) is 11.8 Å². The van der Waals surface area contributed by atoms with Crippen LogP contribution in [0.25, 0.3) is 10.9 Å². The van der Waals surface area contributed by atoms with Crippen molar-refractivity contribution in [2.75, 3.05) is 13.7 Å². The van der Waals surface area contributed by atoms with E-state index < -0.39 is 12.1 Å². The quantitative estimate of drug-likeness (QED) is 0.324. The molecule has 0 fully saturated rings. The first-order chi connectivity index (χ1) is 17.0. The third kappa shape index (κ3) is 5.67. The molecule has 7 heteroatoms. The number of carbonyl (C=O) groups is 2. The number of H-pyrrole nitrogens is 1. The number of nitrogens with one attached hydrogen (secondary N) is 3. The van der Waals surface area contributed by atoms with Crippen LogP contribution >= 0.6 is 0 Å². The summed E-state index contributed by atoms with van der Waals surface area (Å²) in [5.74, 6) is 5.85. The number of aliphatic hydroxyl groups excluding tert-OH is 1. The van der Waals surface area contributed by atoms with Crippen molar-refractivity contribution in [3.05, 3.63) is 64.8 Å². The summed E-state index contributed by atoms with van der Waals surface area (Å²) in [6, 6.07) is 11.5. The predicted molar refractivity (Wildman–Crippen MR) is 135 cm³/mol. The van der Waals surface area contributed by atoms with Gasteiger partial charge in [-0.1, -0.05) is 37.0 Å². The SMILES string of the molecule is CNC(=O)CCC#Cc1cc2c(c(C(=O)N[C@H](O)C(C)c3c[nH]c4ccccc34)c1)OCCCC2. The average molecular weight is 474 g/mol. The highest BCUT2D eigenvalue weighted by molar-refractivity contribution is 5.98. The molecule has 0 saturated carbocycles. The van der Waals surface area contributed by atoms with Crippen molar-refractivity contribution in [2.24, 2.45) is 0 Å². The standard InChI is InChI=1S/C28H31N3O4/c1-18(23-17-30-24-12-5-4-11-21(23)24)27(33)31-28(34)22-16-19(9-3-6-13-25(32)29-2)15-20-10-7-8-14-35-26(20)22/h4-5,11-12,15-18,27,30,33H,6-8,10,13-14H2,1-2H3,(H,29,32)(H,31,34)/t18?,27-/m1/s1. The molecule has 2 aromatic carbocycles. The van der Waals surface area contributed by atoms with Gasteiger partial charge in [0.15, 0.2) is 0 Å². The number of rotatable bonds is 6. The van der Waals surface area contributed by atoms with Gasteiger partial charge >= 0.3 is 0 Å². The van der Waals surface area contributed by atoms with Crippen LogP contribution in [0.15, 0.2) is 42.6 Å². The second kappa shape index (κ2) is 11.1. The summed E-state index contributed by atoms with van der Waals surface area (Å²) in [4.78, 5) is 28.0. The smallest absolute Gasteiger partial charge is 0.257 e. The van der Waals surface area contributed by atoms with E-state index >= 15 is 0 Å². The van der Waals surface area contributed by atoms with Gasteiger partial charge < -0.3 is 25.5 Å². The molecular formula is C28H31N3O4. The minimum Gasteiger partial charge on any atom is -0.492 e. The Bertz CT molecular complexity index is 1280. The van der Waals surface area contributed by atoms with Crippen molar-refractivity contribution >= 4 is 22.7 Å². The Morgan fingerprint density at radius 2 is 2.06 bits per heavy atom. The van der Waals surface area contributed by atoms with Gasteiger partial charge in [-0.25, -0.2) is 0 Å². The van der Waals surface area contributed by atoms with Gasteiger partial charge in [0, 0.05) is 48.5 Å². The van der Waals surface area contributed by atoms with Crippen molar-refractivity contribution in [3.63, 3.8) is 0 Å². The minimum atomic E-state index is -1.09. The molecule has 1 aliphatic heterocycles. The monoisotopic (exact) mass is 473 g/mol. The third-order valence-electron chi connectivity index (χ3n) is 6.35. The molecule has 3 aromatic rings. The number of aliphatic hydroxyl groups is 1. The molecule has 4 rings (SSSR count). The maximum Gasteiger partial charge on any atom is 0.257 e. The Hall–Kier alpha value is -3.76. The van der Waals surface area contributed by atoms with Crippen molar-refractivity contribution < 1.29 is 19.4 Å². The second-order valence-corrected chi connectivity index (χ2v) is 8.79. The molecule has 4 N–H and O–H groups in total. The summed E-state index contributed by atoms with van der Waals surface area (Å²) >= 11 is 0. The lowest BCUT2D eigenvalue weighted by molar-refractivity contribution is -0.120. The Labute approximate surface area is 205 Å². The lowest BCUT2D eigenvalue weighted by Crippen LogP contribution is -2.38. The lowest BCUT2D eigenvalue weighted by Gasteiger charge is -2.21. The predicted octanol–water partition coefficient (Wildman–Crippen LogP) is 3.61. The fraction of sp³-hybridized carbons (Fsp3) is 0.357. The number of benzene rings is 2. The third-order valence-corrected chi connectivity index (χ3v) is 6.35. The molecule has 1 aromatic heterocycles.